The molecule has 1 saturated carbocycles. The van der Waals surface area contributed by atoms with Crippen molar-refractivity contribution in [1.29, 1.82) is 0 Å². The fourth-order valence-electron chi connectivity index (χ4n) is 4.87. The Morgan fingerprint density at radius 1 is 1.08 bits per heavy atom. The molecule has 2 aromatic carbocycles. The number of carbonyl (C=O) groups excluding carboxylic acids is 1. The fourth-order valence-corrected chi connectivity index (χ4v) is 4.87. The van der Waals surface area contributed by atoms with Gasteiger partial charge in [-0.1, -0.05) is 50.6 Å². The molecular weight excluding hydrogens is 475 g/mol. The lowest BCUT2D eigenvalue weighted by atomic mass is 9.98. The minimum absolute atomic E-state index is 0.217. The van der Waals surface area contributed by atoms with Crippen LogP contribution in [0.15, 0.2) is 72.5 Å². The van der Waals surface area contributed by atoms with Gasteiger partial charge in [-0.2, -0.15) is 13.2 Å². The summed E-state index contributed by atoms with van der Waals surface area (Å²) in [6.07, 6.45) is 4.19. The van der Waals surface area contributed by atoms with Crippen LogP contribution in [0.4, 0.5) is 24.5 Å². The number of nitrogens with zero attached hydrogens (tertiary/aromatic N) is 1. The molecule has 2 fully saturated rings. The van der Waals surface area contributed by atoms with E-state index in [1.807, 2.05) is 31.2 Å². The van der Waals surface area contributed by atoms with Gasteiger partial charge in [-0.3, -0.25) is 9.69 Å². The Balaban J connectivity index is 1.55. The van der Waals surface area contributed by atoms with E-state index in [0.29, 0.717) is 11.4 Å². The number of allylic oxidation sites excluding steroid dienone is 2. The average Bonchev–Trinajstić information content (AvgIpc) is 3.54. The van der Waals surface area contributed by atoms with Crippen molar-refractivity contribution < 1.29 is 18.0 Å². The summed E-state index contributed by atoms with van der Waals surface area (Å²) in [6, 6.07) is 15.3. The zero-order valence-electron chi connectivity index (χ0n) is 21.4. The standard InChI is InChI=1S/C30H36F3N3O/c1-3-22-8-6-10-25(19-22)34-27(18-21(2)30(31,32)33)29(37)35-26-11-7-9-24(20-26)28(15-14-23-12-13-23)36-16-4-5-17-36/h6-11,18-20,23,28,34H,2-5,12-17H2,1H3,(H,35,37)/b27-18-. The second kappa shape index (κ2) is 12.0. The van der Waals surface area contributed by atoms with Crippen LogP contribution in [0.5, 0.6) is 0 Å². The predicted molar refractivity (Wildman–Crippen MR) is 143 cm³/mol. The van der Waals surface area contributed by atoms with Crippen molar-refractivity contribution in [2.45, 2.75) is 64.1 Å². The number of rotatable bonds is 11. The lowest BCUT2D eigenvalue weighted by Crippen LogP contribution is -2.26. The molecule has 0 aromatic heterocycles. The van der Waals surface area contributed by atoms with E-state index in [0.717, 1.165) is 49.1 Å². The number of benzene rings is 2. The van der Waals surface area contributed by atoms with Crippen LogP contribution in [-0.4, -0.2) is 30.1 Å². The van der Waals surface area contributed by atoms with Gasteiger partial charge in [0.25, 0.3) is 5.91 Å². The molecule has 0 bridgehead atoms. The molecule has 1 aliphatic heterocycles. The maximum atomic E-state index is 13.3. The third kappa shape index (κ3) is 7.71. The second-order valence-electron chi connectivity index (χ2n) is 10.1. The SMILES string of the molecule is C=C(/C=C(\Nc1cccc(CC)c1)C(=O)Nc1cccc(C(CCC2CC2)N2CCCC2)c1)C(F)(F)F. The van der Waals surface area contributed by atoms with Crippen molar-refractivity contribution in [3.05, 3.63) is 83.6 Å². The van der Waals surface area contributed by atoms with E-state index in [9.17, 15) is 18.0 Å². The normalized spacial score (nSPS) is 17.5. The van der Waals surface area contributed by atoms with Crippen LogP contribution in [0.3, 0.4) is 0 Å². The Hall–Kier alpha value is -3.06. The van der Waals surface area contributed by atoms with Crippen LogP contribution in [0.1, 0.15) is 62.6 Å². The maximum absolute atomic E-state index is 13.3. The number of alkyl halides is 3. The Morgan fingerprint density at radius 3 is 2.41 bits per heavy atom. The van der Waals surface area contributed by atoms with E-state index in [-0.39, 0.29) is 11.7 Å². The van der Waals surface area contributed by atoms with Crippen LogP contribution < -0.4 is 10.6 Å². The average molecular weight is 512 g/mol. The number of aryl methyl sites for hydroxylation is 1. The van der Waals surface area contributed by atoms with Crippen molar-refractivity contribution in [1.82, 2.24) is 4.90 Å². The number of likely N-dealkylation sites (tertiary alicyclic amines) is 1. The first-order chi connectivity index (χ1) is 17.7. The van der Waals surface area contributed by atoms with Gasteiger partial charge in [-0.25, -0.2) is 0 Å². The second-order valence-corrected chi connectivity index (χ2v) is 10.1. The molecule has 2 N–H and O–H groups in total. The van der Waals surface area contributed by atoms with E-state index < -0.39 is 17.7 Å². The number of carbonyl (C=O) groups is 1. The number of hydrogen-bond acceptors (Lipinski definition) is 3. The highest BCUT2D eigenvalue weighted by Gasteiger charge is 2.31. The van der Waals surface area contributed by atoms with Gasteiger partial charge in [-0.15, -0.1) is 0 Å². The first-order valence-electron chi connectivity index (χ1n) is 13.2. The third-order valence-electron chi connectivity index (χ3n) is 7.20. The molecule has 0 spiro atoms. The molecule has 7 heteroatoms. The Labute approximate surface area is 217 Å². The van der Waals surface area contributed by atoms with Crippen LogP contribution in [0.25, 0.3) is 0 Å². The van der Waals surface area contributed by atoms with Gasteiger partial charge in [0, 0.05) is 17.4 Å². The van der Waals surface area contributed by atoms with E-state index in [1.54, 1.807) is 18.2 Å². The summed E-state index contributed by atoms with van der Waals surface area (Å²) in [5.74, 6) is 0.180. The van der Waals surface area contributed by atoms with Crippen molar-refractivity contribution in [2.75, 3.05) is 23.7 Å². The summed E-state index contributed by atoms with van der Waals surface area (Å²) in [4.78, 5) is 15.8. The minimum atomic E-state index is -4.64. The highest BCUT2D eigenvalue weighted by Crippen LogP contribution is 2.39. The van der Waals surface area contributed by atoms with Crippen molar-refractivity contribution >= 4 is 17.3 Å². The molecule has 1 amide bonds. The molecule has 4 rings (SSSR count). The number of amides is 1. The number of nitrogens with one attached hydrogen (secondary N) is 2. The predicted octanol–water partition coefficient (Wildman–Crippen LogP) is 7.63. The quantitative estimate of drug-likeness (QED) is 0.241. The minimum Gasteiger partial charge on any atom is -0.351 e. The first kappa shape index (κ1) is 27.0. The monoisotopic (exact) mass is 511 g/mol. The topological polar surface area (TPSA) is 44.4 Å². The molecule has 1 heterocycles. The smallest absolute Gasteiger partial charge is 0.351 e. The van der Waals surface area contributed by atoms with Crippen LogP contribution in [0.2, 0.25) is 0 Å². The largest absolute Gasteiger partial charge is 0.415 e. The van der Waals surface area contributed by atoms with Gasteiger partial charge in [0.15, 0.2) is 0 Å². The van der Waals surface area contributed by atoms with E-state index in [4.69, 9.17) is 0 Å². The molecular formula is C30H36F3N3O. The lowest BCUT2D eigenvalue weighted by molar-refractivity contribution is -0.112. The Kier molecular flexibility index (Phi) is 8.75. The summed E-state index contributed by atoms with van der Waals surface area (Å²) in [6.45, 7) is 7.25. The maximum Gasteiger partial charge on any atom is 0.415 e. The van der Waals surface area contributed by atoms with Crippen molar-refractivity contribution in [2.24, 2.45) is 5.92 Å². The highest BCUT2D eigenvalue weighted by atomic mass is 19.4. The third-order valence-corrected chi connectivity index (χ3v) is 7.20. The number of anilines is 2. The zero-order chi connectivity index (χ0) is 26.4. The molecule has 1 unspecified atom stereocenters. The first-order valence-corrected chi connectivity index (χ1v) is 13.2. The van der Waals surface area contributed by atoms with Crippen molar-refractivity contribution in [3.63, 3.8) is 0 Å². The van der Waals surface area contributed by atoms with Gasteiger partial charge in [0.05, 0.1) is 5.57 Å². The number of halogens is 3. The summed E-state index contributed by atoms with van der Waals surface area (Å²) < 4.78 is 39.8. The van der Waals surface area contributed by atoms with Crippen LogP contribution in [0, 0.1) is 5.92 Å². The fraction of sp³-hybridized carbons (Fsp3) is 0.433. The number of hydrogen-bond donors (Lipinski definition) is 2. The van der Waals surface area contributed by atoms with Gasteiger partial charge in [0.1, 0.15) is 5.70 Å². The molecule has 1 atom stereocenters. The van der Waals surface area contributed by atoms with Gasteiger partial charge >= 0.3 is 6.18 Å². The van der Waals surface area contributed by atoms with E-state index in [1.165, 1.54) is 32.1 Å². The molecule has 1 aliphatic carbocycles. The molecule has 0 radical (unpaired) electrons. The molecule has 2 aliphatic rings. The summed E-state index contributed by atoms with van der Waals surface area (Å²) in [7, 11) is 0. The highest BCUT2D eigenvalue weighted by molar-refractivity contribution is 6.06. The Morgan fingerprint density at radius 2 is 1.76 bits per heavy atom. The van der Waals surface area contributed by atoms with Crippen LogP contribution in [-0.2, 0) is 11.2 Å². The molecule has 198 valence electrons. The van der Waals surface area contributed by atoms with E-state index in [2.05, 4.69) is 28.2 Å². The van der Waals surface area contributed by atoms with E-state index >= 15 is 0 Å². The Bertz CT molecular complexity index is 1130. The zero-order valence-corrected chi connectivity index (χ0v) is 21.4. The van der Waals surface area contributed by atoms with Gasteiger partial charge < -0.3 is 10.6 Å². The molecule has 37 heavy (non-hydrogen) atoms. The molecule has 1 saturated heterocycles. The van der Waals surface area contributed by atoms with Crippen molar-refractivity contribution in [3.8, 4) is 0 Å². The summed E-state index contributed by atoms with van der Waals surface area (Å²) in [5.41, 5.74) is 1.93. The molecule has 4 nitrogen and oxygen atoms in total. The van der Waals surface area contributed by atoms with Crippen LogP contribution >= 0.6 is 0 Å². The van der Waals surface area contributed by atoms with Gasteiger partial charge in [0.2, 0.25) is 0 Å². The lowest BCUT2D eigenvalue weighted by Gasteiger charge is -2.28. The molecule has 2 aromatic rings. The van der Waals surface area contributed by atoms with Gasteiger partial charge in [-0.05, 0) is 92.6 Å². The summed E-state index contributed by atoms with van der Waals surface area (Å²) >= 11 is 0. The summed E-state index contributed by atoms with van der Waals surface area (Å²) in [5, 5.41) is 5.69.